The first-order valence-corrected chi connectivity index (χ1v) is 11.5. The van der Waals surface area contributed by atoms with Gasteiger partial charge in [0.25, 0.3) is 5.91 Å². The summed E-state index contributed by atoms with van der Waals surface area (Å²) in [6, 6.07) is 23.5. The van der Waals surface area contributed by atoms with Gasteiger partial charge in [-0.05, 0) is 41.3 Å². The first-order chi connectivity index (χ1) is 16.0. The Hall–Kier alpha value is -3.15. The van der Waals surface area contributed by atoms with E-state index in [4.69, 9.17) is 16.7 Å². The Morgan fingerprint density at radius 3 is 2.30 bits per heavy atom. The molecule has 0 aromatic heterocycles. The van der Waals surface area contributed by atoms with E-state index >= 15 is 0 Å². The number of amides is 1. The smallest absolute Gasteiger partial charge is 0.304 e. The molecule has 3 aromatic rings. The third-order valence-electron chi connectivity index (χ3n) is 5.54. The van der Waals surface area contributed by atoms with Crippen molar-refractivity contribution in [3.05, 3.63) is 94.5 Å². The molecule has 0 aliphatic heterocycles. The molecule has 6 heteroatoms. The average molecular weight is 465 g/mol. The molecule has 0 saturated heterocycles. The van der Waals surface area contributed by atoms with Crippen molar-refractivity contribution in [3.8, 4) is 11.1 Å². The number of nitrogens with zero attached hydrogens (tertiary/aromatic N) is 1. The summed E-state index contributed by atoms with van der Waals surface area (Å²) < 4.78 is 0. The summed E-state index contributed by atoms with van der Waals surface area (Å²) in [4.78, 5) is 25.8. The SMILES string of the molecule is CCN(CCC(=O)O)Cc1ccc(CCNC(=O)c2c(Cl)cccc2-c2ccccc2)cc1. The molecule has 0 spiro atoms. The molecule has 5 nitrogen and oxygen atoms in total. The van der Waals surface area contributed by atoms with Crippen molar-refractivity contribution in [3.63, 3.8) is 0 Å². The van der Waals surface area contributed by atoms with Gasteiger partial charge in [0.15, 0.2) is 0 Å². The van der Waals surface area contributed by atoms with Crippen molar-refractivity contribution < 1.29 is 14.7 Å². The summed E-state index contributed by atoms with van der Waals surface area (Å²) in [5.74, 6) is -0.966. The Bertz CT molecular complexity index is 1070. The Kier molecular flexibility index (Phi) is 9.04. The highest BCUT2D eigenvalue weighted by molar-refractivity contribution is 6.34. The molecule has 0 bridgehead atoms. The van der Waals surface area contributed by atoms with Crippen molar-refractivity contribution in [2.45, 2.75) is 26.3 Å². The molecule has 3 rings (SSSR count). The quantitative estimate of drug-likeness (QED) is 0.405. The predicted octanol–water partition coefficient (Wildman–Crippen LogP) is 5.28. The standard InChI is InChI=1S/C27H29ClN2O3/c1-2-30(18-16-25(31)32)19-21-13-11-20(12-14-21)15-17-29-27(33)26-23(9-6-10-24(26)28)22-7-4-3-5-8-22/h3-14H,2,15-19H2,1H3,(H,29,33)(H,31,32). The van der Waals surface area contributed by atoms with Crippen LogP contribution in [0.1, 0.15) is 34.8 Å². The fraction of sp³-hybridized carbons (Fsp3) is 0.259. The largest absolute Gasteiger partial charge is 0.481 e. The van der Waals surface area contributed by atoms with Crippen LogP contribution in [0.5, 0.6) is 0 Å². The summed E-state index contributed by atoms with van der Waals surface area (Å²) in [7, 11) is 0. The second kappa shape index (κ2) is 12.2. The van der Waals surface area contributed by atoms with Gasteiger partial charge in [0.2, 0.25) is 0 Å². The number of rotatable bonds is 11. The van der Waals surface area contributed by atoms with Crippen molar-refractivity contribution >= 4 is 23.5 Å². The van der Waals surface area contributed by atoms with Crippen molar-refractivity contribution in [1.82, 2.24) is 10.2 Å². The molecular weight excluding hydrogens is 436 g/mol. The Morgan fingerprint density at radius 2 is 1.64 bits per heavy atom. The number of carboxylic acid groups (broad SMARTS) is 1. The highest BCUT2D eigenvalue weighted by Crippen LogP contribution is 2.29. The summed E-state index contributed by atoms with van der Waals surface area (Å²) in [6.07, 6.45) is 0.844. The number of hydrogen-bond acceptors (Lipinski definition) is 3. The third kappa shape index (κ3) is 7.17. The van der Waals surface area contributed by atoms with Crippen LogP contribution < -0.4 is 5.32 Å². The van der Waals surface area contributed by atoms with Gasteiger partial charge in [-0.2, -0.15) is 0 Å². The summed E-state index contributed by atoms with van der Waals surface area (Å²) in [6.45, 7) is 4.58. The second-order valence-electron chi connectivity index (χ2n) is 7.86. The molecule has 0 heterocycles. The van der Waals surface area contributed by atoms with Crippen LogP contribution in [0.4, 0.5) is 0 Å². The van der Waals surface area contributed by atoms with Gasteiger partial charge in [0, 0.05) is 19.6 Å². The van der Waals surface area contributed by atoms with E-state index in [0.29, 0.717) is 30.1 Å². The highest BCUT2D eigenvalue weighted by Gasteiger charge is 2.16. The van der Waals surface area contributed by atoms with E-state index in [1.54, 1.807) is 6.07 Å². The van der Waals surface area contributed by atoms with Crippen LogP contribution in [0.3, 0.4) is 0 Å². The van der Waals surface area contributed by atoms with E-state index in [2.05, 4.69) is 34.5 Å². The van der Waals surface area contributed by atoms with Gasteiger partial charge in [-0.1, -0.05) is 85.3 Å². The first-order valence-electron chi connectivity index (χ1n) is 11.1. The topological polar surface area (TPSA) is 69.6 Å². The van der Waals surface area contributed by atoms with Gasteiger partial charge >= 0.3 is 5.97 Å². The van der Waals surface area contributed by atoms with E-state index in [1.807, 2.05) is 49.4 Å². The number of nitrogens with one attached hydrogen (secondary N) is 1. The lowest BCUT2D eigenvalue weighted by Gasteiger charge is -2.19. The first kappa shape index (κ1) is 24.5. The zero-order chi connectivity index (χ0) is 23.6. The third-order valence-corrected chi connectivity index (χ3v) is 5.86. The Balaban J connectivity index is 1.57. The highest BCUT2D eigenvalue weighted by atomic mass is 35.5. The van der Waals surface area contributed by atoms with Crippen molar-refractivity contribution in [2.75, 3.05) is 19.6 Å². The normalized spacial score (nSPS) is 10.9. The van der Waals surface area contributed by atoms with E-state index in [-0.39, 0.29) is 12.3 Å². The number of benzene rings is 3. The zero-order valence-corrected chi connectivity index (χ0v) is 19.5. The van der Waals surface area contributed by atoms with Crippen LogP contribution in [-0.4, -0.2) is 41.5 Å². The van der Waals surface area contributed by atoms with Crippen LogP contribution in [0, 0.1) is 0 Å². The lowest BCUT2D eigenvalue weighted by molar-refractivity contribution is -0.137. The minimum Gasteiger partial charge on any atom is -0.481 e. The molecule has 0 aliphatic carbocycles. The van der Waals surface area contributed by atoms with Gasteiger partial charge in [0.05, 0.1) is 17.0 Å². The van der Waals surface area contributed by atoms with Gasteiger partial charge in [0.1, 0.15) is 0 Å². The minimum absolute atomic E-state index is 0.142. The molecule has 0 unspecified atom stereocenters. The van der Waals surface area contributed by atoms with E-state index in [0.717, 1.165) is 35.3 Å². The predicted molar refractivity (Wildman–Crippen MR) is 133 cm³/mol. The number of carbonyl (C=O) groups is 2. The van der Waals surface area contributed by atoms with Gasteiger partial charge in [-0.15, -0.1) is 0 Å². The molecule has 3 aromatic carbocycles. The van der Waals surface area contributed by atoms with Crippen LogP contribution in [-0.2, 0) is 17.8 Å². The number of carboxylic acids is 1. The minimum atomic E-state index is -0.779. The molecule has 0 saturated carbocycles. The number of aliphatic carboxylic acids is 1. The van der Waals surface area contributed by atoms with Gasteiger partial charge < -0.3 is 10.4 Å². The molecular formula is C27H29ClN2O3. The lowest BCUT2D eigenvalue weighted by Crippen LogP contribution is -2.26. The second-order valence-corrected chi connectivity index (χ2v) is 8.27. The molecule has 0 atom stereocenters. The molecule has 33 heavy (non-hydrogen) atoms. The zero-order valence-electron chi connectivity index (χ0n) is 18.8. The van der Waals surface area contributed by atoms with Crippen molar-refractivity contribution in [1.29, 1.82) is 0 Å². The molecule has 2 N–H and O–H groups in total. The molecule has 0 radical (unpaired) electrons. The summed E-state index contributed by atoms with van der Waals surface area (Å²) in [5.41, 5.74) is 4.51. The maximum Gasteiger partial charge on any atom is 0.304 e. The van der Waals surface area contributed by atoms with Crippen molar-refractivity contribution in [2.24, 2.45) is 0 Å². The number of carbonyl (C=O) groups excluding carboxylic acids is 1. The lowest BCUT2D eigenvalue weighted by atomic mass is 9.99. The maximum absolute atomic E-state index is 12.9. The Morgan fingerprint density at radius 1 is 0.939 bits per heavy atom. The van der Waals surface area contributed by atoms with E-state index in [1.165, 1.54) is 0 Å². The summed E-state index contributed by atoms with van der Waals surface area (Å²) >= 11 is 6.38. The molecule has 0 fully saturated rings. The fourth-order valence-electron chi connectivity index (χ4n) is 3.69. The average Bonchev–Trinajstić information content (AvgIpc) is 2.83. The van der Waals surface area contributed by atoms with Crippen LogP contribution in [0.2, 0.25) is 5.02 Å². The fourth-order valence-corrected chi connectivity index (χ4v) is 3.95. The van der Waals surface area contributed by atoms with E-state index < -0.39 is 5.97 Å². The molecule has 172 valence electrons. The van der Waals surface area contributed by atoms with Crippen LogP contribution >= 0.6 is 11.6 Å². The van der Waals surface area contributed by atoms with Crippen LogP contribution in [0.15, 0.2) is 72.8 Å². The van der Waals surface area contributed by atoms with Gasteiger partial charge in [-0.25, -0.2) is 0 Å². The van der Waals surface area contributed by atoms with E-state index in [9.17, 15) is 9.59 Å². The Labute approximate surface area is 200 Å². The number of halogens is 1. The van der Waals surface area contributed by atoms with Gasteiger partial charge in [-0.3, -0.25) is 14.5 Å². The number of hydrogen-bond donors (Lipinski definition) is 2. The maximum atomic E-state index is 12.9. The monoisotopic (exact) mass is 464 g/mol. The van der Waals surface area contributed by atoms with Crippen LogP contribution in [0.25, 0.3) is 11.1 Å². The molecule has 0 aliphatic rings. The summed E-state index contributed by atoms with van der Waals surface area (Å²) in [5, 5.41) is 12.3. The molecule has 1 amide bonds.